The van der Waals surface area contributed by atoms with Crippen LogP contribution in [0.2, 0.25) is 0 Å². The molecule has 3 aromatic heterocycles. The van der Waals surface area contributed by atoms with Gasteiger partial charge in [-0.15, -0.1) is 11.3 Å². The van der Waals surface area contributed by atoms with Crippen molar-refractivity contribution in [3.05, 3.63) is 29.8 Å². The first kappa shape index (κ1) is 10.2. The maximum atomic E-state index is 5.26. The zero-order valence-electron chi connectivity index (χ0n) is 9.20. The topological polar surface area (TPSA) is 56.7 Å². The van der Waals surface area contributed by atoms with E-state index in [9.17, 15) is 0 Å². The fourth-order valence-corrected chi connectivity index (χ4v) is 2.25. The van der Waals surface area contributed by atoms with Gasteiger partial charge in [0.1, 0.15) is 5.69 Å². The van der Waals surface area contributed by atoms with E-state index in [1.807, 2.05) is 35.2 Å². The molecular formula is C11H10N4OS. The molecule has 17 heavy (non-hydrogen) atoms. The van der Waals surface area contributed by atoms with E-state index in [0.717, 1.165) is 17.1 Å². The van der Waals surface area contributed by atoms with Crippen molar-refractivity contribution in [1.82, 2.24) is 19.9 Å². The van der Waals surface area contributed by atoms with Crippen molar-refractivity contribution in [3.8, 4) is 22.3 Å². The van der Waals surface area contributed by atoms with Gasteiger partial charge < -0.3 is 4.52 Å². The third kappa shape index (κ3) is 1.76. The van der Waals surface area contributed by atoms with Crippen LogP contribution >= 0.6 is 11.3 Å². The minimum absolute atomic E-state index is 0.507. The fraction of sp³-hybridized carbons (Fsp3) is 0.182. The Labute approximate surface area is 102 Å². The van der Waals surface area contributed by atoms with Crippen LogP contribution in [0.4, 0.5) is 0 Å². The lowest BCUT2D eigenvalue weighted by molar-refractivity contribution is 0.427. The lowest BCUT2D eigenvalue weighted by Gasteiger charge is -1.97. The number of aryl methyl sites for hydroxylation is 1. The SMILES string of the molecule is CCn1nccc1-c1nc(-c2cccs2)no1. The van der Waals surface area contributed by atoms with Crippen LogP contribution in [0.25, 0.3) is 22.3 Å². The number of thiophene rings is 1. The molecule has 0 radical (unpaired) electrons. The third-order valence-corrected chi connectivity index (χ3v) is 3.27. The molecule has 3 rings (SSSR count). The summed E-state index contributed by atoms with van der Waals surface area (Å²) in [6.07, 6.45) is 1.73. The Kier molecular flexibility index (Phi) is 2.49. The molecular weight excluding hydrogens is 236 g/mol. The predicted molar refractivity (Wildman–Crippen MR) is 64.5 cm³/mol. The van der Waals surface area contributed by atoms with Crippen LogP contribution in [0.1, 0.15) is 6.92 Å². The number of rotatable bonds is 3. The Bertz CT molecular complexity index is 611. The highest BCUT2D eigenvalue weighted by molar-refractivity contribution is 7.13. The second kappa shape index (κ2) is 4.14. The molecule has 0 spiro atoms. The lowest BCUT2D eigenvalue weighted by Crippen LogP contribution is -1.98. The second-order valence-electron chi connectivity index (χ2n) is 3.43. The van der Waals surface area contributed by atoms with Crippen LogP contribution in [0.3, 0.4) is 0 Å². The molecule has 0 fully saturated rings. The van der Waals surface area contributed by atoms with Crippen molar-refractivity contribution >= 4 is 11.3 Å². The smallest absolute Gasteiger partial charge is 0.276 e. The van der Waals surface area contributed by atoms with Gasteiger partial charge >= 0.3 is 0 Å². The average molecular weight is 246 g/mol. The first-order valence-corrected chi connectivity index (χ1v) is 6.16. The highest BCUT2D eigenvalue weighted by Gasteiger charge is 2.14. The van der Waals surface area contributed by atoms with Gasteiger partial charge in [-0.05, 0) is 24.4 Å². The van der Waals surface area contributed by atoms with Crippen molar-refractivity contribution in [2.45, 2.75) is 13.5 Å². The zero-order valence-corrected chi connectivity index (χ0v) is 10.0. The predicted octanol–water partition coefficient (Wildman–Crippen LogP) is 2.68. The van der Waals surface area contributed by atoms with Crippen LogP contribution in [0, 0.1) is 0 Å². The van der Waals surface area contributed by atoms with Gasteiger partial charge in [0, 0.05) is 12.7 Å². The summed E-state index contributed by atoms with van der Waals surface area (Å²) >= 11 is 1.59. The van der Waals surface area contributed by atoms with Crippen molar-refractivity contribution < 1.29 is 4.52 Å². The number of nitrogens with zero attached hydrogens (tertiary/aromatic N) is 4. The van der Waals surface area contributed by atoms with Crippen molar-refractivity contribution in [3.63, 3.8) is 0 Å². The van der Waals surface area contributed by atoms with Crippen LogP contribution < -0.4 is 0 Å². The molecule has 3 aromatic rings. The van der Waals surface area contributed by atoms with Gasteiger partial charge in [-0.2, -0.15) is 10.1 Å². The molecule has 0 aliphatic heterocycles. The molecule has 0 bridgehead atoms. The van der Waals surface area contributed by atoms with E-state index in [2.05, 4.69) is 15.2 Å². The summed E-state index contributed by atoms with van der Waals surface area (Å²) in [5.74, 6) is 1.13. The molecule has 0 amide bonds. The summed E-state index contributed by atoms with van der Waals surface area (Å²) in [6.45, 7) is 2.80. The standard InChI is InChI=1S/C11H10N4OS/c1-2-15-8(5-6-12-15)11-13-10(14-16-11)9-4-3-7-17-9/h3-7H,2H2,1H3. The van der Waals surface area contributed by atoms with Crippen LogP contribution in [-0.4, -0.2) is 19.9 Å². The highest BCUT2D eigenvalue weighted by atomic mass is 32.1. The lowest BCUT2D eigenvalue weighted by atomic mass is 10.4. The van der Waals surface area contributed by atoms with Gasteiger partial charge in [-0.25, -0.2) is 0 Å². The Balaban J connectivity index is 2.01. The fourth-order valence-electron chi connectivity index (χ4n) is 1.60. The molecule has 0 aromatic carbocycles. The summed E-state index contributed by atoms with van der Waals surface area (Å²) < 4.78 is 7.09. The van der Waals surface area contributed by atoms with E-state index < -0.39 is 0 Å². The molecule has 5 nitrogen and oxygen atoms in total. The molecule has 6 heteroatoms. The molecule has 3 heterocycles. The maximum absolute atomic E-state index is 5.26. The van der Waals surface area contributed by atoms with Gasteiger partial charge in [0.05, 0.1) is 4.88 Å². The van der Waals surface area contributed by atoms with Crippen LogP contribution in [0.15, 0.2) is 34.3 Å². The molecule has 0 unspecified atom stereocenters. The zero-order chi connectivity index (χ0) is 11.7. The van der Waals surface area contributed by atoms with E-state index >= 15 is 0 Å². The molecule has 0 N–H and O–H groups in total. The van der Waals surface area contributed by atoms with E-state index in [1.165, 1.54) is 0 Å². The Morgan fingerprint density at radius 1 is 1.41 bits per heavy atom. The van der Waals surface area contributed by atoms with E-state index in [4.69, 9.17) is 4.52 Å². The van der Waals surface area contributed by atoms with Crippen LogP contribution in [-0.2, 0) is 6.54 Å². The minimum atomic E-state index is 0.507. The monoisotopic (exact) mass is 246 g/mol. The number of hydrogen-bond acceptors (Lipinski definition) is 5. The van der Waals surface area contributed by atoms with Crippen molar-refractivity contribution in [2.75, 3.05) is 0 Å². The molecule has 0 aliphatic carbocycles. The Hall–Kier alpha value is -1.95. The summed E-state index contributed by atoms with van der Waals surface area (Å²) in [5, 5.41) is 10.1. The van der Waals surface area contributed by atoms with Gasteiger partial charge in [0.25, 0.3) is 5.89 Å². The number of hydrogen-bond donors (Lipinski definition) is 0. The van der Waals surface area contributed by atoms with Gasteiger partial charge in [-0.1, -0.05) is 11.2 Å². The van der Waals surface area contributed by atoms with Crippen molar-refractivity contribution in [1.29, 1.82) is 0 Å². The minimum Gasteiger partial charge on any atom is -0.332 e. The van der Waals surface area contributed by atoms with Gasteiger partial charge in [-0.3, -0.25) is 4.68 Å². The molecule has 86 valence electrons. The normalized spacial score (nSPS) is 10.9. The molecule has 0 atom stereocenters. The summed E-state index contributed by atoms with van der Waals surface area (Å²) in [4.78, 5) is 5.38. The first-order chi connectivity index (χ1) is 8.38. The first-order valence-electron chi connectivity index (χ1n) is 5.28. The molecule has 0 saturated heterocycles. The largest absolute Gasteiger partial charge is 0.332 e. The summed E-state index contributed by atoms with van der Waals surface area (Å²) in [7, 11) is 0. The second-order valence-corrected chi connectivity index (χ2v) is 4.38. The van der Waals surface area contributed by atoms with E-state index in [0.29, 0.717) is 11.7 Å². The molecule has 0 aliphatic rings. The van der Waals surface area contributed by atoms with Crippen LogP contribution in [0.5, 0.6) is 0 Å². The quantitative estimate of drug-likeness (QED) is 0.713. The van der Waals surface area contributed by atoms with Crippen molar-refractivity contribution in [2.24, 2.45) is 0 Å². The maximum Gasteiger partial charge on any atom is 0.276 e. The Morgan fingerprint density at radius 2 is 2.35 bits per heavy atom. The van der Waals surface area contributed by atoms with E-state index in [-0.39, 0.29) is 0 Å². The molecule has 0 saturated carbocycles. The Morgan fingerprint density at radius 3 is 3.12 bits per heavy atom. The van der Waals surface area contributed by atoms with E-state index in [1.54, 1.807) is 17.5 Å². The number of aromatic nitrogens is 4. The average Bonchev–Trinajstić information content (AvgIpc) is 3.09. The van der Waals surface area contributed by atoms with Gasteiger partial charge in [0.15, 0.2) is 0 Å². The van der Waals surface area contributed by atoms with Gasteiger partial charge in [0.2, 0.25) is 5.82 Å². The third-order valence-electron chi connectivity index (χ3n) is 2.40. The highest BCUT2D eigenvalue weighted by Crippen LogP contribution is 2.24. The summed E-state index contributed by atoms with van der Waals surface area (Å²) in [5.41, 5.74) is 0.850. The summed E-state index contributed by atoms with van der Waals surface area (Å²) in [6, 6.07) is 5.80.